The summed E-state index contributed by atoms with van der Waals surface area (Å²) in [5.74, 6) is -1.35. The van der Waals surface area contributed by atoms with E-state index < -0.39 is 16.6 Å². The van der Waals surface area contributed by atoms with Crippen LogP contribution in [-0.2, 0) is 0 Å². The molecule has 0 saturated carbocycles. The maximum atomic E-state index is 11.0. The van der Waals surface area contributed by atoms with Gasteiger partial charge in [-0.2, -0.15) is 5.10 Å². The maximum absolute atomic E-state index is 11.0. The van der Waals surface area contributed by atoms with Gasteiger partial charge in [-0.3, -0.25) is 10.1 Å². The molecule has 0 spiro atoms. The molecule has 86 valence electrons. The molecule has 2 aromatic heterocycles. The van der Waals surface area contributed by atoms with Gasteiger partial charge in [0.15, 0.2) is 5.82 Å². The van der Waals surface area contributed by atoms with Crippen molar-refractivity contribution >= 4 is 11.7 Å². The molecule has 9 heteroatoms. The lowest BCUT2D eigenvalue weighted by atomic mass is 10.2. The van der Waals surface area contributed by atoms with Crippen molar-refractivity contribution in [3.05, 3.63) is 40.6 Å². The lowest BCUT2D eigenvalue weighted by Gasteiger charge is -2.03. The fourth-order valence-electron chi connectivity index (χ4n) is 1.20. The van der Waals surface area contributed by atoms with Crippen molar-refractivity contribution < 1.29 is 14.8 Å². The summed E-state index contributed by atoms with van der Waals surface area (Å²) < 4.78 is 1.12. The molecule has 0 aromatic carbocycles. The van der Waals surface area contributed by atoms with E-state index in [1.165, 1.54) is 12.7 Å². The molecule has 17 heavy (non-hydrogen) atoms. The molecule has 0 unspecified atom stereocenters. The van der Waals surface area contributed by atoms with Crippen LogP contribution in [0.3, 0.4) is 0 Å². The van der Waals surface area contributed by atoms with Crippen LogP contribution in [0.25, 0.3) is 5.82 Å². The van der Waals surface area contributed by atoms with Crippen LogP contribution in [0.15, 0.2) is 24.9 Å². The normalized spacial score (nSPS) is 10.1. The summed E-state index contributed by atoms with van der Waals surface area (Å²) in [7, 11) is 0. The summed E-state index contributed by atoms with van der Waals surface area (Å²) in [5, 5.41) is 23.2. The number of carboxylic acid groups (broad SMARTS) is 1. The zero-order valence-electron chi connectivity index (χ0n) is 8.22. The van der Waals surface area contributed by atoms with E-state index in [2.05, 4.69) is 15.1 Å². The van der Waals surface area contributed by atoms with E-state index in [9.17, 15) is 14.9 Å². The third-order valence-electron chi connectivity index (χ3n) is 1.93. The van der Waals surface area contributed by atoms with Crippen molar-refractivity contribution in [2.45, 2.75) is 0 Å². The predicted molar refractivity (Wildman–Crippen MR) is 52.8 cm³/mol. The molecule has 0 fully saturated rings. The molecule has 0 amide bonds. The third-order valence-corrected chi connectivity index (χ3v) is 1.93. The topological polar surface area (TPSA) is 124 Å². The molecule has 2 heterocycles. The number of nitrogens with zero attached hydrogens (tertiary/aromatic N) is 5. The fraction of sp³-hybridized carbons (Fsp3) is 0. The monoisotopic (exact) mass is 235 g/mol. The first-order chi connectivity index (χ1) is 8.09. The average Bonchev–Trinajstić information content (AvgIpc) is 2.81. The molecular weight excluding hydrogens is 230 g/mol. The molecule has 0 bridgehead atoms. The Morgan fingerprint density at radius 3 is 2.82 bits per heavy atom. The van der Waals surface area contributed by atoms with Crippen LogP contribution in [-0.4, -0.2) is 35.7 Å². The van der Waals surface area contributed by atoms with Gasteiger partial charge in [-0.15, -0.1) is 0 Å². The standard InChI is InChI=1S/C8H5N5O4/c14-8(15)6-1-5(13(16)17)2-10-7(6)12-4-9-3-11-12/h1-4H,(H,14,15). The molecule has 9 nitrogen and oxygen atoms in total. The van der Waals surface area contributed by atoms with Crippen LogP contribution in [0.1, 0.15) is 10.4 Å². The highest BCUT2D eigenvalue weighted by Crippen LogP contribution is 2.17. The third kappa shape index (κ3) is 1.93. The minimum Gasteiger partial charge on any atom is -0.478 e. The largest absolute Gasteiger partial charge is 0.478 e. The molecule has 0 aliphatic heterocycles. The van der Waals surface area contributed by atoms with Crippen LogP contribution in [0, 0.1) is 10.1 Å². The van der Waals surface area contributed by atoms with Crippen molar-refractivity contribution in [2.24, 2.45) is 0 Å². The number of nitro groups is 1. The summed E-state index contributed by atoms with van der Waals surface area (Å²) in [6.45, 7) is 0. The van der Waals surface area contributed by atoms with Gasteiger partial charge in [0.25, 0.3) is 5.69 Å². The maximum Gasteiger partial charge on any atom is 0.339 e. The number of hydrogen-bond acceptors (Lipinski definition) is 6. The Balaban J connectivity index is 2.61. The summed E-state index contributed by atoms with van der Waals surface area (Å²) in [4.78, 5) is 28.1. The number of hydrogen-bond donors (Lipinski definition) is 1. The fourth-order valence-corrected chi connectivity index (χ4v) is 1.20. The first kappa shape index (κ1) is 10.7. The molecule has 0 aliphatic carbocycles. The van der Waals surface area contributed by atoms with Crippen LogP contribution < -0.4 is 0 Å². The molecule has 0 saturated heterocycles. The van der Waals surface area contributed by atoms with Gasteiger partial charge in [0, 0.05) is 6.07 Å². The second-order valence-corrected chi connectivity index (χ2v) is 2.97. The Morgan fingerprint density at radius 2 is 2.29 bits per heavy atom. The van der Waals surface area contributed by atoms with E-state index in [1.807, 2.05) is 0 Å². The van der Waals surface area contributed by atoms with Crippen LogP contribution in [0.4, 0.5) is 5.69 Å². The van der Waals surface area contributed by atoms with Crippen LogP contribution >= 0.6 is 0 Å². The van der Waals surface area contributed by atoms with Crippen molar-refractivity contribution in [1.82, 2.24) is 19.7 Å². The van der Waals surface area contributed by atoms with Crippen molar-refractivity contribution in [1.29, 1.82) is 0 Å². The van der Waals surface area contributed by atoms with E-state index in [4.69, 9.17) is 5.11 Å². The Morgan fingerprint density at radius 1 is 1.53 bits per heavy atom. The second-order valence-electron chi connectivity index (χ2n) is 2.97. The van der Waals surface area contributed by atoms with E-state index in [1.54, 1.807) is 0 Å². The number of carbonyl (C=O) groups is 1. The van der Waals surface area contributed by atoms with Gasteiger partial charge in [0.05, 0.1) is 4.92 Å². The summed E-state index contributed by atoms with van der Waals surface area (Å²) in [5.41, 5.74) is -0.712. The Kier molecular flexibility index (Phi) is 2.49. The highest BCUT2D eigenvalue weighted by molar-refractivity contribution is 5.91. The molecule has 0 aliphatic rings. The molecule has 2 rings (SSSR count). The van der Waals surface area contributed by atoms with Crippen molar-refractivity contribution in [3.63, 3.8) is 0 Å². The van der Waals surface area contributed by atoms with E-state index in [0.717, 1.165) is 16.9 Å². The number of carboxylic acids is 1. The lowest BCUT2D eigenvalue weighted by molar-refractivity contribution is -0.385. The molecule has 1 N–H and O–H groups in total. The quantitative estimate of drug-likeness (QED) is 0.597. The minimum absolute atomic E-state index is 0.0272. The summed E-state index contributed by atoms with van der Waals surface area (Å²) >= 11 is 0. The Hall–Kier alpha value is -2.84. The smallest absolute Gasteiger partial charge is 0.339 e. The number of pyridine rings is 1. The number of aromatic carboxylic acids is 1. The van der Waals surface area contributed by atoms with Crippen molar-refractivity contribution in [3.8, 4) is 5.82 Å². The summed E-state index contributed by atoms with van der Waals surface area (Å²) in [6, 6.07) is 0.923. The Bertz CT molecular complexity index is 580. The van der Waals surface area contributed by atoms with E-state index in [-0.39, 0.29) is 11.4 Å². The molecular formula is C8H5N5O4. The van der Waals surface area contributed by atoms with Gasteiger partial charge in [0.1, 0.15) is 24.4 Å². The number of aromatic nitrogens is 4. The zero-order valence-corrected chi connectivity index (χ0v) is 8.22. The van der Waals surface area contributed by atoms with Crippen LogP contribution in [0.5, 0.6) is 0 Å². The van der Waals surface area contributed by atoms with E-state index in [0.29, 0.717) is 0 Å². The molecule has 0 atom stereocenters. The van der Waals surface area contributed by atoms with Gasteiger partial charge in [-0.1, -0.05) is 0 Å². The SMILES string of the molecule is O=C(O)c1cc([N+](=O)[O-])cnc1-n1cncn1. The zero-order chi connectivity index (χ0) is 12.4. The second kappa shape index (κ2) is 3.96. The minimum atomic E-state index is -1.33. The van der Waals surface area contributed by atoms with E-state index >= 15 is 0 Å². The van der Waals surface area contributed by atoms with Crippen LogP contribution in [0.2, 0.25) is 0 Å². The molecule has 2 aromatic rings. The highest BCUT2D eigenvalue weighted by atomic mass is 16.6. The van der Waals surface area contributed by atoms with Gasteiger partial charge < -0.3 is 5.11 Å². The van der Waals surface area contributed by atoms with Gasteiger partial charge in [-0.25, -0.2) is 19.4 Å². The highest BCUT2D eigenvalue weighted by Gasteiger charge is 2.18. The summed E-state index contributed by atoms with van der Waals surface area (Å²) in [6.07, 6.45) is 3.42. The van der Waals surface area contributed by atoms with Crippen molar-refractivity contribution in [2.75, 3.05) is 0 Å². The number of rotatable bonds is 3. The lowest BCUT2D eigenvalue weighted by Crippen LogP contribution is -2.09. The average molecular weight is 235 g/mol. The predicted octanol–water partition coefficient (Wildman–Crippen LogP) is 0.269. The first-order valence-electron chi connectivity index (χ1n) is 4.32. The first-order valence-corrected chi connectivity index (χ1v) is 4.32. The van der Waals surface area contributed by atoms with Gasteiger partial charge in [0.2, 0.25) is 0 Å². The molecule has 0 radical (unpaired) electrons. The van der Waals surface area contributed by atoms with Gasteiger partial charge >= 0.3 is 5.97 Å². The van der Waals surface area contributed by atoms with Gasteiger partial charge in [-0.05, 0) is 0 Å². The Labute approximate surface area is 93.5 Å².